The number of fused-ring (bicyclic) bond motifs is 2. The maximum Gasteiger partial charge on any atom is 0.318 e. The van der Waals surface area contributed by atoms with Gasteiger partial charge in [-0.05, 0) is 37.5 Å². The average molecular weight is 416 g/mol. The minimum Gasteiger partial charge on any atom is -0.462 e. The Labute approximate surface area is 178 Å². The Morgan fingerprint density at radius 2 is 1.83 bits per heavy atom. The van der Waals surface area contributed by atoms with Crippen LogP contribution in [0, 0.1) is 11.8 Å². The number of rotatable bonds is 7. The summed E-state index contributed by atoms with van der Waals surface area (Å²) >= 11 is 0. The van der Waals surface area contributed by atoms with E-state index in [9.17, 15) is 0 Å². The highest BCUT2D eigenvalue weighted by molar-refractivity contribution is 5.89. The van der Waals surface area contributed by atoms with Crippen molar-refractivity contribution in [2.45, 2.75) is 32.2 Å². The van der Waals surface area contributed by atoms with Gasteiger partial charge in [0.1, 0.15) is 12.4 Å². The first-order valence-corrected chi connectivity index (χ1v) is 11.5. The Kier molecular flexibility index (Phi) is 6.43. The lowest BCUT2D eigenvalue weighted by Gasteiger charge is -2.28. The molecule has 2 aliphatic heterocycles. The summed E-state index contributed by atoms with van der Waals surface area (Å²) in [7, 11) is 0. The highest BCUT2D eigenvalue weighted by Gasteiger charge is 2.36. The number of anilines is 1. The van der Waals surface area contributed by atoms with Crippen molar-refractivity contribution in [3.8, 4) is 6.01 Å². The molecule has 1 aromatic rings. The number of nitrogens with zero attached hydrogens (tertiary/aromatic N) is 5. The molecule has 2 atom stereocenters. The SMILES string of the molecule is c1c(CN=C2CC3CCC2C3)nc(OCCN2CCOCC2)nc1N1CCOCC1. The van der Waals surface area contributed by atoms with E-state index in [2.05, 4.69) is 15.9 Å². The van der Waals surface area contributed by atoms with E-state index in [0.717, 1.165) is 82.5 Å². The molecule has 2 unspecified atom stereocenters. The van der Waals surface area contributed by atoms with E-state index >= 15 is 0 Å². The first-order chi connectivity index (χ1) is 14.8. The number of morpholine rings is 2. The molecule has 2 saturated heterocycles. The molecule has 0 N–H and O–H groups in total. The normalized spacial score (nSPS) is 28.4. The second kappa shape index (κ2) is 9.58. The summed E-state index contributed by atoms with van der Waals surface area (Å²) in [6.07, 6.45) is 5.24. The van der Waals surface area contributed by atoms with E-state index < -0.39 is 0 Å². The third-order valence-corrected chi connectivity index (χ3v) is 6.78. The van der Waals surface area contributed by atoms with Gasteiger partial charge < -0.3 is 19.1 Å². The number of hydrogen-bond acceptors (Lipinski definition) is 8. The molecule has 0 aromatic carbocycles. The second-order valence-electron chi connectivity index (χ2n) is 8.79. The van der Waals surface area contributed by atoms with Crippen molar-refractivity contribution in [2.75, 3.05) is 70.7 Å². The van der Waals surface area contributed by atoms with E-state index in [1.165, 1.54) is 31.4 Å². The molecule has 3 heterocycles. The smallest absolute Gasteiger partial charge is 0.318 e. The molecule has 4 fully saturated rings. The van der Waals surface area contributed by atoms with Crippen LogP contribution in [0.15, 0.2) is 11.1 Å². The second-order valence-corrected chi connectivity index (χ2v) is 8.79. The van der Waals surface area contributed by atoms with Gasteiger partial charge in [0.15, 0.2) is 0 Å². The monoisotopic (exact) mass is 415 g/mol. The van der Waals surface area contributed by atoms with Gasteiger partial charge in [-0.25, -0.2) is 0 Å². The first kappa shape index (κ1) is 20.2. The zero-order chi connectivity index (χ0) is 20.2. The van der Waals surface area contributed by atoms with Crippen LogP contribution in [0.5, 0.6) is 6.01 Å². The van der Waals surface area contributed by atoms with Crippen LogP contribution in [0.25, 0.3) is 0 Å². The van der Waals surface area contributed by atoms with Crippen LogP contribution in [-0.2, 0) is 16.0 Å². The molecule has 4 aliphatic rings. The van der Waals surface area contributed by atoms with E-state index in [-0.39, 0.29) is 0 Å². The maximum absolute atomic E-state index is 5.99. The molecule has 0 radical (unpaired) electrons. The van der Waals surface area contributed by atoms with Crippen molar-refractivity contribution >= 4 is 11.5 Å². The first-order valence-electron chi connectivity index (χ1n) is 11.5. The molecule has 164 valence electrons. The fraction of sp³-hybridized carbons (Fsp3) is 0.773. The van der Waals surface area contributed by atoms with Gasteiger partial charge in [-0.15, -0.1) is 0 Å². The van der Waals surface area contributed by atoms with Gasteiger partial charge in [0.25, 0.3) is 0 Å². The summed E-state index contributed by atoms with van der Waals surface area (Å²) in [5, 5.41) is 0. The largest absolute Gasteiger partial charge is 0.462 e. The molecule has 8 heteroatoms. The predicted molar refractivity (Wildman–Crippen MR) is 114 cm³/mol. The lowest BCUT2D eigenvalue weighted by Crippen LogP contribution is -2.39. The Bertz CT molecular complexity index is 746. The molecular formula is C22H33N5O3. The van der Waals surface area contributed by atoms with Crippen LogP contribution < -0.4 is 9.64 Å². The van der Waals surface area contributed by atoms with Crippen molar-refractivity contribution in [1.29, 1.82) is 0 Å². The van der Waals surface area contributed by atoms with Crippen LogP contribution in [-0.4, -0.2) is 86.3 Å². The van der Waals surface area contributed by atoms with Crippen molar-refractivity contribution in [3.63, 3.8) is 0 Å². The van der Waals surface area contributed by atoms with E-state index in [0.29, 0.717) is 19.2 Å². The summed E-state index contributed by atoms with van der Waals surface area (Å²) in [4.78, 5) is 19.0. The average Bonchev–Trinajstić information content (AvgIpc) is 3.43. The molecule has 0 spiro atoms. The minimum absolute atomic E-state index is 0.468. The molecule has 30 heavy (non-hydrogen) atoms. The molecular weight excluding hydrogens is 382 g/mol. The Balaban J connectivity index is 1.26. The van der Waals surface area contributed by atoms with Crippen molar-refractivity contribution in [1.82, 2.24) is 14.9 Å². The minimum atomic E-state index is 0.468. The molecule has 2 saturated carbocycles. The standard InChI is InChI=1S/C22H33N5O3/c1-2-18-13-17(1)14-20(18)23-16-19-15-21(27-6-10-29-11-7-27)25-22(24-19)30-12-5-26-3-8-28-9-4-26/h15,17-18H,1-14,16H2. The molecule has 2 bridgehead atoms. The van der Waals surface area contributed by atoms with Gasteiger partial charge in [0.2, 0.25) is 0 Å². The summed E-state index contributed by atoms with van der Waals surface area (Å²) in [6, 6.07) is 2.55. The molecule has 5 rings (SSSR count). The zero-order valence-electron chi connectivity index (χ0n) is 17.8. The van der Waals surface area contributed by atoms with Gasteiger partial charge in [-0.2, -0.15) is 9.97 Å². The van der Waals surface area contributed by atoms with E-state index in [1.54, 1.807) is 0 Å². The maximum atomic E-state index is 5.99. The number of ether oxygens (including phenoxy) is 3. The van der Waals surface area contributed by atoms with Crippen LogP contribution in [0.4, 0.5) is 5.82 Å². The third kappa shape index (κ3) is 4.92. The zero-order valence-corrected chi connectivity index (χ0v) is 17.8. The molecule has 1 aromatic heterocycles. The fourth-order valence-corrected chi connectivity index (χ4v) is 5.05. The highest BCUT2D eigenvalue weighted by atomic mass is 16.5. The van der Waals surface area contributed by atoms with E-state index in [4.69, 9.17) is 29.2 Å². The Hall–Kier alpha value is -1.77. The van der Waals surface area contributed by atoms with Gasteiger partial charge in [0.05, 0.1) is 38.7 Å². The van der Waals surface area contributed by atoms with Crippen LogP contribution in [0.3, 0.4) is 0 Å². The lowest BCUT2D eigenvalue weighted by atomic mass is 9.98. The Morgan fingerprint density at radius 3 is 2.57 bits per heavy atom. The van der Waals surface area contributed by atoms with Gasteiger partial charge in [-0.3, -0.25) is 9.89 Å². The summed E-state index contributed by atoms with van der Waals surface area (Å²) in [5.74, 6) is 2.53. The van der Waals surface area contributed by atoms with Crippen LogP contribution in [0.2, 0.25) is 0 Å². The van der Waals surface area contributed by atoms with Crippen molar-refractivity contribution in [2.24, 2.45) is 16.8 Å². The summed E-state index contributed by atoms with van der Waals surface area (Å²) in [5.41, 5.74) is 2.36. The van der Waals surface area contributed by atoms with Crippen molar-refractivity contribution in [3.05, 3.63) is 11.8 Å². The summed E-state index contributed by atoms with van der Waals surface area (Å²) < 4.78 is 16.9. The number of aromatic nitrogens is 2. The fourth-order valence-electron chi connectivity index (χ4n) is 5.05. The van der Waals surface area contributed by atoms with Crippen LogP contribution in [0.1, 0.15) is 31.4 Å². The van der Waals surface area contributed by atoms with Gasteiger partial charge >= 0.3 is 6.01 Å². The van der Waals surface area contributed by atoms with Crippen LogP contribution >= 0.6 is 0 Å². The van der Waals surface area contributed by atoms with Gasteiger partial charge in [-0.1, -0.05) is 0 Å². The quantitative estimate of drug-likeness (QED) is 0.672. The van der Waals surface area contributed by atoms with Crippen molar-refractivity contribution < 1.29 is 14.2 Å². The Morgan fingerprint density at radius 1 is 1.03 bits per heavy atom. The molecule has 2 aliphatic carbocycles. The number of aliphatic imine (C=N–C) groups is 1. The molecule has 0 amide bonds. The molecule has 8 nitrogen and oxygen atoms in total. The summed E-state index contributed by atoms with van der Waals surface area (Å²) in [6.45, 7) is 8.77. The third-order valence-electron chi connectivity index (χ3n) is 6.78. The number of hydrogen-bond donors (Lipinski definition) is 0. The topological polar surface area (TPSA) is 72.3 Å². The van der Waals surface area contributed by atoms with Gasteiger partial charge in [0, 0.05) is 44.5 Å². The highest BCUT2D eigenvalue weighted by Crippen LogP contribution is 2.42. The lowest BCUT2D eigenvalue weighted by molar-refractivity contribution is 0.0317. The van der Waals surface area contributed by atoms with E-state index in [1.807, 2.05) is 0 Å². The predicted octanol–water partition coefficient (Wildman–Crippen LogP) is 1.79.